The number of nitriles is 1. The maximum atomic E-state index is 14.7. The van der Waals surface area contributed by atoms with Crippen LogP contribution in [0, 0.1) is 22.6 Å². The zero-order valence-electron chi connectivity index (χ0n) is 45.7. The Labute approximate surface area is 455 Å². The first-order valence-electron chi connectivity index (χ1n) is 26.8. The van der Waals surface area contributed by atoms with E-state index >= 15 is 0 Å². The second kappa shape index (κ2) is 26.2. The van der Waals surface area contributed by atoms with E-state index in [1.165, 1.54) is 32.7 Å². The van der Waals surface area contributed by atoms with Gasteiger partial charge < -0.3 is 56.5 Å². The lowest BCUT2D eigenvalue weighted by atomic mass is 9.85. The molecule has 0 saturated carbocycles. The molecule has 7 rings (SSSR count). The van der Waals surface area contributed by atoms with Gasteiger partial charge in [0.2, 0.25) is 29.5 Å². The van der Waals surface area contributed by atoms with Crippen LogP contribution in [0.1, 0.15) is 118 Å². The average molecular weight is 1080 g/mol. The van der Waals surface area contributed by atoms with Crippen molar-refractivity contribution in [1.29, 1.82) is 5.26 Å². The molecule has 0 aliphatic carbocycles. The van der Waals surface area contributed by atoms with Gasteiger partial charge in [-0.3, -0.25) is 33.4 Å². The van der Waals surface area contributed by atoms with Crippen LogP contribution in [0.5, 0.6) is 0 Å². The number of anilines is 2. The Hall–Kier alpha value is -7.48. The number of nitrogens with two attached hydrogens (primary N) is 1. The first-order chi connectivity index (χ1) is 37.3. The maximum Gasteiger partial charge on any atom is 0.254 e. The minimum atomic E-state index is -0.952. The summed E-state index contributed by atoms with van der Waals surface area (Å²) in [5.74, 6) is -2.25. The van der Waals surface area contributed by atoms with Crippen LogP contribution in [-0.2, 0) is 46.5 Å². The van der Waals surface area contributed by atoms with Gasteiger partial charge in [-0.2, -0.15) is 10.4 Å². The Bertz CT molecular complexity index is 2850. The maximum absolute atomic E-state index is 14.7. The van der Waals surface area contributed by atoms with Gasteiger partial charge in [-0.25, -0.2) is 9.37 Å². The van der Waals surface area contributed by atoms with Crippen LogP contribution in [0.15, 0.2) is 60.8 Å². The van der Waals surface area contributed by atoms with E-state index in [1.807, 2.05) is 69.0 Å². The van der Waals surface area contributed by atoms with Crippen molar-refractivity contribution < 1.29 is 42.6 Å². The van der Waals surface area contributed by atoms with E-state index in [-0.39, 0.29) is 125 Å². The number of carbonyl (C=O) groups is 6. The fraction of sp³-hybridized carbons (Fsp3) is 0.518. The summed E-state index contributed by atoms with van der Waals surface area (Å²) >= 11 is 0. The molecule has 21 nitrogen and oxygen atoms in total. The Morgan fingerprint density at radius 3 is 2.38 bits per heavy atom. The highest BCUT2D eigenvalue weighted by Crippen LogP contribution is 2.42. The predicted octanol–water partition coefficient (Wildman–Crippen LogP) is 3.89. The average Bonchev–Trinajstić information content (AvgIpc) is 4.19. The molecule has 2 aromatic heterocycles. The van der Waals surface area contributed by atoms with E-state index in [2.05, 4.69) is 37.6 Å². The number of fused-ring (bicyclic) bond motifs is 8. The summed E-state index contributed by atoms with van der Waals surface area (Å²) in [5.41, 5.74) is 9.94. The van der Waals surface area contributed by atoms with Crippen LogP contribution < -0.4 is 37.2 Å². The molecule has 2 bridgehead atoms. The number of amides is 6. The summed E-state index contributed by atoms with van der Waals surface area (Å²) in [4.78, 5) is 91.1. The lowest BCUT2D eigenvalue weighted by molar-refractivity contribution is -0.144. The van der Waals surface area contributed by atoms with Gasteiger partial charge in [0.1, 0.15) is 35.5 Å². The molecule has 2 fully saturated rings. The van der Waals surface area contributed by atoms with Crippen molar-refractivity contribution in [3.8, 4) is 17.2 Å². The smallest absolute Gasteiger partial charge is 0.254 e. The quantitative estimate of drug-likeness (QED) is 0.0647. The zero-order chi connectivity index (χ0) is 56.3. The van der Waals surface area contributed by atoms with E-state index in [4.69, 9.17) is 20.3 Å². The van der Waals surface area contributed by atoms with E-state index in [0.29, 0.717) is 53.0 Å². The molecule has 2 saturated heterocycles. The van der Waals surface area contributed by atoms with Crippen LogP contribution in [-0.4, -0.2) is 144 Å². The number of hydrogen-bond acceptors (Lipinski definition) is 14. The highest BCUT2D eigenvalue weighted by molar-refractivity contribution is 5.97. The van der Waals surface area contributed by atoms with Gasteiger partial charge in [0.25, 0.3) is 5.91 Å². The lowest BCUT2D eigenvalue weighted by Crippen LogP contribution is -2.59. The molecule has 6 atom stereocenters. The highest BCUT2D eigenvalue weighted by atomic mass is 19.1. The Morgan fingerprint density at radius 2 is 1.71 bits per heavy atom. The van der Waals surface area contributed by atoms with E-state index in [1.54, 1.807) is 27.2 Å². The number of rotatable bonds is 21. The number of halogens is 1. The molecular formula is C56H74FN13O8. The number of likely N-dealkylation sites (tertiary alicyclic amines) is 1. The van der Waals surface area contributed by atoms with Crippen molar-refractivity contribution in [2.75, 3.05) is 70.8 Å². The third-order valence-corrected chi connectivity index (χ3v) is 14.6. The summed E-state index contributed by atoms with van der Waals surface area (Å²) in [7, 11) is 3.29. The summed E-state index contributed by atoms with van der Waals surface area (Å²) in [6, 6.07) is 14.3. The molecule has 418 valence electrons. The fourth-order valence-corrected chi connectivity index (χ4v) is 10.3. The number of nitrogens with zero attached hydrogens (tertiary/aromatic N) is 7. The highest BCUT2D eigenvalue weighted by Gasteiger charge is 2.46. The third-order valence-electron chi connectivity index (χ3n) is 14.6. The third kappa shape index (κ3) is 14.0. The number of aromatic nitrogens is 3. The second-order valence-electron chi connectivity index (χ2n) is 21.2. The molecule has 0 unspecified atom stereocenters. The minimum absolute atomic E-state index is 0.00750. The molecule has 2 aromatic carbocycles. The van der Waals surface area contributed by atoms with Crippen molar-refractivity contribution in [2.24, 2.45) is 5.41 Å². The Morgan fingerprint density at radius 1 is 0.987 bits per heavy atom. The van der Waals surface area contributed by atoms with Crippen molar-refractivity contribution >= 4 is 46.9 Å². The van der Waals surface area contributed by atoms with E-state index in [9.17, 15) is 38.4 Å². The molecule has 0 spiro atoms. The molecular weight excluding hydrogens is 1000 g/mol. The largest absolute Gasteiger partial charge is 0.382 e. The number of pyridine rings is 1. The van der Waals surface area contributed by atoms with Gasteiger partial charge in [0.05, 0.1) is 69.0 Å². The van der Waals surface area contributed by atoms with Gasteiger partial charge in [-0.05, 0) is 80.5 Å². The molecule has 22 heteroatoms. The number of benzene rings is 2. The van der Waals surface area contributed by atoms with Crippen LogP contribution in [0.2, 0.25) is 0 Å². The number of hydrogen-bond donors (Lipinski definition) is 6. The van der Waals surface area contributed by atoms with Gasteiger partial charge >= 0.3 is 0 Å². The van der Waals surface area contributed by atoms with Crippen LogP contribution in [0.3, 0.4) is 0 Å². The number of likely N-dealkylation sites (N-methyl/N-ethyl adjacent to an activating group) is 1. The van der Waals surface area contributed by atoms with Crippen molar-refractivity contribution in [2.45, 2.75) is 122 Å². The Kier molecular flexibility index (Phi) is 19.6. The topological polar surface area (TPSA) is 271 Å². The molecule has 3 aliphatic rings. The summed E-state index contributed by atoms with van der Waals surface area (Å²) in [6.07, 6.45) is 3.87. The molecule has 4 aromatic rings. The normalized spacial score (nSPS) is 18.3. The molecule has 5 heterocycles. The fourth-order valence-electron chi connectivity index (χ4n) is 10.3. The van der Waals surface area contributed by atoms with Gasteiger partial charge in [0.15, 0.2) is 0 Å². The minimum Gasteiger partial charge on any atom is -0.382 e. The molecule has 3 aliphatic heterocycles. The monoisotopic (exact) mass is 1080 g/mol. The van der Waals surface area contributed by atoms with Gasteiger partial charge in [0, 0.05) is 68.5 Å². The first-order valence-corrected chi connectivity index (χ1v) is 26.8. The van der Waals surface area contributed by atoms with Crippen LogP contribution in [0.25, 0.3) is 11.1 Å². The van der Waals surface area contributed by atoms with Crippen molar-refractivity contribution in [1.82, 2.24) is 51.1 Å². The number of carbonyl (C=O) groups excluding carboxylic acids is 6. The van der Waals surface area contributed by atoms with Crippen molar-refractivity contribution in [3.05, 3.63) is 94.7 Å². The second-order valence-corrected chi connectivity index (χ2v) is 21.2. The van der Waals surface area contributed by atoms with Crippen molar-refractivity contribution in [3.63, 3.8) is 0 Å². The summed E-state index contributed by atoms with van der Waals surface area (Å²) in [6.45, 7) is 10.7. The Balaban J connectivity index is 0.876. The molecule has 0 radical (unpaired) electrons. The number of nitrogen functional groups attached to an aromatic ring is 1. The summed E-state index contributed by atoms with van der Waals surface area (Å²) in [5, 5.41) is 30.0. The SMILES string of the molecule is CC[C@H](NC(=O)[C@H]1C[C@@H](NC(=O)CCOCCOCCC(=O)NCCn2nc3c(c2C#N)-c2cnc(N)c(c2)N2CCC[C@@H]2c2cc(F)ccc2C(=O)N(C)C3)CN1C(=O)[C@H](NC(=O)[C@@H](C)NC)C(C)(C)C)c1ccccc1. The summed E-state index contributed by atoms with van der Waals surface area (Å²) < 4.78 is 27.5. The number of nitrogens with one attached hydrogen (secondary N) is 5. The molecule has 7 N–H and O–H groups in total. The zero-order valence-corrected chi connectivity index (χ0v) is 45.7. The first kappa shape index (κ1) is 58.2. The van der Waals surface area contributed by atoms with Gasteiger partial charge in [-0.1, -0.05) is 58.0 Å². The van der Waals surface area contributed by atoms with E-state index < -0.39 is 41.3 Å². The van der Waals surface area contributed by atoms with Crippen LogP contribution in [0.4, 0.5) is 15.9 Å². The van der Waals surface area contributed by atoms with Crippen LogP contribution >= 0.6 is 0 Å². The lowest BCUT2D eigenvalue weighted by Gasteiger charge is -2.36. The standard InChI is InChI=1S/C56H74FN13O8/c1-8-41(35-13-10-9-11-14-35)64-53(74)45-29-38(32-69(45)55(76)50(56(3,4)5)65-52(73)34(2)60-6)63-48(72)19-24-78-26-25-77-23-18-47(71)61-20-22-70-46(30-58)49-36-27-44(51(59)62-31-36)68-21-12-15-43(68)40-28-37(57)16-17-39(40)54(75)67(7)33-42(49)66-70/h9-11,13-14,16-17,27-28,31,34,38,41,43,45,50,60H,8,12,15,18-26,29,32-33H2,1-7H3,(H2,59,62)(H,61,71)(H,63,72)(H,64,74)(H,65,73)/t34-,38-,41+,43-,45-,50+/m1/s1. The van der Waals surface area contributed by atoms with E-state index in [0.717, 1.165) is 12.0 Å². The predicted molar refractivity (Wildman–Crippen MR) is 290 cm³/mol. The van der Waals surface area contributed by atoms with Gasteiger partial charge in [-0.15, -0.1) is 0 Å². The number of ether oxygens (including phenoxy) is 2. The molecule has 78 heavy (non-hydrogen) atoms. The molecule has 6 amide bonds.